The van der Waals surface area contributed by atoms with Gasteiger partial charge in [0.15, 0.2) is 6.10 Å². The van der Waals surface area contributed by atoms with Crippen molar-refractivity contribution in [1.29, 1.82) is 0 Å². The third-order valence-corrected chi connectivity index (χ3v) is 11.8. The Hall–Kier alpha value is -1.36. The molecule has 58 heavy (non-hydrogen) atoms. The van der Waals surface area contributed by atoms with Crippen molar-refractivity contribution in [3.05, 3.63) is 12.2 Å². The summed E-state index contributed by atoms with van der Waals surface area (Å²) in [4.78, 5) is 25.4. The first-order valence-electron chi connectivity index (χ1n) is 26.2. The van der Waals surface area contributed by atoms with Crippen molar-refractivity contribution in [2.24, 2.45) is 0 Å². The average Bonchev–Trinajstić information content (AvgIpc) is 3.22. The standard InChI is InChI=1S/C53H102O5/c1-4-7-10-13-16-19-22-25-26-27-30-33-36-39-42-45-48-56-49-51(58-53(55)47-44-41-38-35-32-29-24-21-18-15-12-9-6-3)50-57-52(54)46-43-40-37-34-31-28-23-20-17-14-11-8-5-2/h25-26,51H,4-24,27-50H2,1-3H3/b26-25-. The predicted octanol–water partition coefficient (Wildman–Crippen LogP) is 17.5. The Labute approximate surface area is 363 Å². The van der Waals surface area contributed by atoms with Crippen molar-refractivity contribution in [3.63, 3.8) is 0 Å². The highest BCUT2D eigenvalue weighted by atomic mass is 16.6. The lowest BCUT2D eigenvalue weighted by Gasteiger charge is -2.18. The Morgan fingerprint density at radius 2 is 0.672 bits per heavy atom. The highest BCUT2D eigenvalue weighted by Gasteiger charge is 2.17. The minimum atomic E-state index is -0.529. The average molecular weight is 819 g/mol. The zero-order valence-corrected chi connectivity index (χ0v) is 39.6. The molecule has 0 rings (SSSR count). The first kappa shape index (κ1) is 56.6. The summed E-state index contributed by atoms with van der Waals surface area (Å²) in [5, 5.41) is 0. The predicted molar refractivity (Wildman–Crippen MR) is 252 cm³/mol. The van der Waals surface area contributed by atoms with Gasteiger partial charge in [0.25, 0.3) is 0 Å². The van der Waals surface area contributed by atoms with Crippen LogP contribution in [0.3, 0.4) is 0 Å². The minimum Gasteiger partial charge on any atom is -0.462 e. The fourth-order valence-electron chi connectivity index (χ4n) is 7.86. The fraction of sp³-hybridized carbons (Fsp3) is 0.925. The molecule has 0 amide bonds. The summed E-state index contributed by atoms with van der Waals surface area (Å²) in [6.07, 6.45) is 56.4. The van der Waals surface area contributed by atoms with Gasteiger partial charge >= 0.3 is 11.9 Å². The maximum atomic E-state index is 12.8. The number of esters is 2. The molecule has 5 nitrogen and oxygen atoms in total. The van der Waals surface area contributed by atoms with Crippen LogP contribution in [0.15, 0.2) is 12.2 Å². The van der Waals surface area contributed by atoms with Gasteiger partial charge in [-0.2, -0.15) is 0 Å². The summed E-state index contributed by atoms with van der Waals surface area (Å²) in [6, 6.07) is 0. The number of carbonyl (C=O) groups excluding carboxylic acids is 2. The van der Waals surface area contributed by atoms with Gasteiger partial charge in [0.2, 0.25) is 0 Å². The summed E-state index contributed by atoms with van der Waals surface area (Å²) in [6.45, 7) is 7.87. The Morgan fingerprint density at radius 1 is 0.362 bits per heavy atom. The van der Waals surface area contributed by atoms with E-state index >= 15 is 0 Å². The lowest BCUT2D eigenvalue weighted by atomic mass is 10.0. The van der Waals surface area contributed by atoms with Crippen LogP contribution in [0.2, 0.25) is 0 Å². The fourth-order valence-corrected chi connectivity index (χ4v) is 7.86. The molecule has 1 atom stereocenters. The SMILES string of the molecule is CCCCCCCC/C=C\CCCCCCCCOCC(COC(=O)CCCCCCCCCCCCCCC)OC(=O)CCCCCCCCCCCCCCC. The molecule has 5 heteroatoms. The molecule has 0 bridgehead atoms. The van der Waals surface area contributed by atoms with E-state index in [1.54, 1.807) is 0 Å². The van der Waals surface area contributed by atoms with Gasteiger partial charge in [0.05, 0.1) is 6.61 Å². The van der Waals surface area contributed by atoms with Crippen LogP contribution in [0.25, 0.3) is 0 Å². The Balaban J connectivity index is 4.21. The van der Waals surface area contributed by atoms with Gasteiger partial charge in [0, 0.05) is 19.4 Å². The minimum absolute atomic E-state index is 0.0923. The normalized spacial score (nSPS) is 12.1. The van der Waals surface area contributed by atoms with Crippen LogP contribution in [-0.2, 0) is 23.8 Å². The van der Waals surface area contributed by atoms with Gasteiger partial charge in [-0.15, -0.1) is 0 Å². The van der Waals surface area contributed by atoms with Crippen LogP contribution >= 0.6 is 0 Å². The molecule has 0 aromatic carbocycles. The molecule has 1 unspecified atom stereocenters. The van der Waals surface area contributed by atoms with Crippen LogP contribution in [0.1, 0.15) is 290 Å². The van der Waals surface area contributed by atoms with E-state index in [4.69, 9.17) is 14.2 Å². The summed E-state index contributed by atoms with van der Waals surface area (Å²) in [5.74, 6) is -0.379. The molecular weight excluding hydrogens is 717 g/mol. The maximum absolute atomic E-state index is 12.8. The molecule has 0 saturated heterocycles. The summed E-state index contributed by atoms with van der Waals surface area (Å²) < 4.78 is 17.4. The van der Waals surface area contributed by atoms with Crippen molar-refractivity contribution >= 4 is 11.9 Å². The van der Waals surface area contributed by atoms with Crippen molar-refractivity contribution in [2.45, 2.75) is 297 Å². The zero-order chi connectivity index (χ0) is 42.1. The molecular formula is C53H102O5. The number of hydrogen-bond acceptors (Lipinski definition) is 5. The van der Waals surface area contributed by atoms with Gasteiger partial charge in [0.1, 0.15) is 6.61 Å². The van der Waals surface area contributed by atoms with E-state index in [0.717, 1.165) is 38.5 Å². The molecule has 0 heterocycles. The van der Waals surface area contributed by atoms with Gasteiger partial charge in [-0.1, -0.05) is 245 Å². The number of ether oxygens (including phenoxy) is 3. The van der Waals surface area contributed by atoms with Crippen LogP contribution in [0.5, 0.6) is 0 Å². The molecule has 0 aromatic heterocycles. The molecule has 0 aromatic rings. The Kier molecular flexibility index (Phi) is 48.8. The molecule has 0 fully saturated rings. The first-order valence-corrected chi connectivity index (χ1v) is 26.2. The highest BCUT2D eigenvalue weighted by molar-refractivity contribution is 5.70. The molecule has 0 radical (unpaired) electrons. The Bertz CT molecular complexity index is 840. The molecule has 0 saturated carbocycles. The van der Waals surface area contributed by atoms with E-state index in [-0.39, 0.29) is 18.5 Å². The molecule has 344 valence electrons. The number of carbonyl (C=O) groups is 2. The largest absolute Gasteiger partial charge is 0.462 e. The van der Waals surface area contributed by atoms with E-state index in [9.17, 15) is 9.59 Å². The van der Waals surface area contributed by atoms with E-state index in [2.05, 4.69) is 32.9 Å². The van der Waals surface area contributed by atoms with Crippen molar-refractivity contribution < 1.29 is 23.8 Å². The second kappa shape index (κ2) is 50.0. The number of unbranched alkanes of at least 4 members (excludes halogenated alkanes) is 36. The number of hydrogen-bond donors (Lipinski definition) is 0. The van der Waals surface area contributed by atoms with Gasteiger partial charge in [-0.3, -0.25) is 9.59 Å². The zero-order valence-electron chi connectivity index (χ0n) is 39.6. The molecule has 0 aliphatic rings. The lowest BCUT2D eigenvalue weighted by Crippen LogP contribution is -2.30. The maximum Gasteiger partial charge on any atom is 0.306 e. The highest BCUT2D eigenvalue weighted by Crippen LogP contribution is 2.16. The lowest BCUT2D eigenvalue weighted by molar-refractivity contribution is -0.163. The van der Waals surface area contributed by atoms with Crippen molar-refractivity contribution in [1.82, 2.24) is 0 Å². The second-order valence-electron chi connectivity index (χ2n) is 17.8. The topological polar surface area (TPSA) is 61.8 Å². The summed E-state index contributed by atoms with van der Waals surface area (Å²) in [5.41, 5.74) is 0. The third-order valence-electron chi connectivity index (χ3n) is 11.8. The molecule has 0 aliphatic carbocycles. The summed E-state index contributed by atoms with van der Waals surface area (Å²) in [7, 11) is 0. The van der Waals surface area contributed by atoms with Crippen molar-refractivity contribution in [2.75, 3.05) is 19.8 Å². The quantitative estimate of drug-likeness (QED) is 0.0348. The second-order valence-corrected chi connectivity index (χ2v) is 17.8. The van der Waals surface area contributed by atoms with E-state index in [0.29, 0.717) is 26.1 Å². The smallest absolute Gasteiger partial charge is 0.306 e. The van der Waals surface area contributed by atoms with Crippen LogP contribution < -0.4 is 0 Å². The van der Waals surface area contributed by atoms with E-state index < -0.39 is 6.10 Å². The van der Waals surface area contributed by atoms with E-state index in [1.165, 1.54) is 218 Å². The molecule has 0 N–H and O–H groups in total. The monoisotopic (exact) mass is 819 g/mol. The van der Waals surface area contributed by atoms with Crippen LogP contribution in [0.4, 0.5) is 0 Å². The van der Waals surface area contributed by atoms with Crippen LogP contribution in [-0.4, -0.2) is 37.9 Å². The van der Waals surface area contributed by atoms with Gasteiger partial charge in [-0.25, -0.2) is 0 Å². The summed E-state index contributed by atoms with van der Waals surface area (Å²) >= 11 is 0. The van der Waals surface area contributed by atoms with Gasteiger partial charge in [-0.05, 0) is 44.9 Å². The molecule has 0 aliphatic heterocycles. The number of rotatable bonds is 49. The number of allylic oxidation sites excluding steroid dienone is 2. The third kappa shape index (κ3) is 47.3. The van der Waals surface area contributed by atoms with Crippen molar-refractivity contribution in [3.8, 4) is 0 Å². The molecule has 0 spiro atoms. The van der Waals surface area contributed by atoms with E-state index in [1.807, 2.05) is 0 Å². The Morgan fingerprint density at radius 3 is 1.05 bits per heavy atom. The van der Waals surface area contributed by atoms with Gasteiger partial charge < -0.3 is 14.2 Å². The first-order chi connectivity index (χ1) is 28.6. The van der Waals surface area contributed by atoms with Crippen LogP contribution in [0, 0.1) is 0 Å².